The summed E-state index contributed by atoms with van der Waals surface area (Å²) in [6, 6.07) is 12.1. The lowest BCUT2D eigenvalue weighted by Crippen LogP contribution is -2.08. The molecule has 0 unspecified atom stereocenters. The molecule has 8 heteroatoms. The predicted octanol–water partition coefficient (Wildman–Crippen LogP) is 5.36. The summed E-state index contributed by atoms with van der Waals surface area (Å²) in [7, 11) is -3.30. The fourth-order valence-corrected chi connectivity index (χ4v) is 3.87. The zero-order valence-electron chi connectivity index (χ0n) is 19.5. The van der Waals surface area contributed by atoms with Crippen LogP contribution in [0.4, 0.5) is 0 Å². The van der Waals surface area contributed by atoms with Crippen LogP contribution in [-0.2, 0) is 15.7 Å². The highest BCUT2D eigenvalue weighted by Crippen LogP contribution is 2.40. The summed E-state index contributed by atoms with van der Waals surface area (Å²) in [5.41, 5.74) is 0.368. The van der Waals surface area contributed by atoms with Gasteiger partial charge in [-0.05, 0) is 47.9 Å². The molecule has 2 rings (SSSR count). The SMILES string of the molecule is CCCCCCCCOc1ccc(Cc2cc(C(=O)P(=O)(O)O)ccc2OCCOC)cc1. The second kappa shape index (κ2) is 14.2. The maximum absolute atomic E-state index is 12.0. The fraction of sp³-hybridized carbons (Fsp3) is 0.480. The van der Waals surface area contributed by atoms with Crippen LogP contribution in [0, 0.1) is 0 Å². The number of hydrogen-bond donors (Lipinski definition) is 2. The normalized spacial score (nSPS) is 11.4. The Labute approximate surface area is 196 Å². The Balaban J connectivity index is 2.02. The van der Waals surface area contributed by atoms with Crippen LogP contribution >= 0.6 is 7.60 Å². The highest BCUT2D eigenvalue weighted by atomic mass is 31.2. The highest BCUT2D eigenvalue weighted by molar-refractivity contribution is 7.70. The lowest BCUT2D eigenvalue weighted by Gasteiger charge is -2.14. The summed E-state index contributed by atoms with van der Waals surface area (Å²) in [5.74, 6) is 1.34. The zero-order valence-corrected chi connectivity index (χ0v) is 20.4. The van der Waals surface area contributed by atoms with Gasteiger partial charge in [-0.1, -0.05) is 51.2 Å². The molecule has 0 spiro atoms. The van der Waals surface area contributed by atoms with Gasteiger partial charge in [0.25, 0.3) is 5.52 Å². The number of ether oxygens (including phenoxy) is 3. The van der Waals surface area contributed by atoms with Crippen molar-refractivity contribution in [3.63, 3.8) is 0 Å². The Morgan fingerprint density at radius 2 is 1.58 bits per heavy atom. The minimum absolute atomic E-state index is 0.0451. The van der Waals surface area contributed by atoms with E-state index in [-0.39, 0.29) is 5.56 Å². The standard InChI is InChI=1S/C25H35O7P/c1-3-4-5-6-7-8-15-31-23-12-9-20(10-13-23)18-22-19-21(25(26)33(27,28)29)11-14-24(22)32-17-16-30-2/h9-14,19H,3-8,15-18H2,1-2H3,(H2,27,28,29). The van der Waals surface area contributed by atoms with E-state index in [1.807, 2.05) is 24.3 Å². The van der Waals surface area contributed by atoms with Gasteiger partial charge in [0.2, 0.25) is 0 Å². The van der Waals surface area contributed by atoms with E-state index < -0.39 is 13.1 Å². The quantitative estimate of drug-likeness (QED) is 0.247. The summed E-state index contributed by atoms with van der Waals surface area (Å²) in [4.78, 5) is 30.5. The highest BCUT2D eigenvalue weighted by Gasteiger charge is 2.28. The van der Waals surface area contributed by atoms with Crippen molar-refractivity contribution >= 4 is 13.1 Å². The van der Waals surface area contributed by atoms with E-state index in [0.717, 1.165) is 17.7 Å². The second-order valence-electron chi connectivity index (χ2n) is 7.95. The Kier molecular flexibility index (Phi) is 11.6. The molecule has 2 N–H and O–H groups in total. The Morgan fingerprint density at radius 3 is 2.24 bits per heavy atom. The van der Waals surface area contributed by atoms with Crippen LogP contribution in [0.15, 0.2) is 42.5 Å². The molecule has 0 radical (unpaired) electrons. The van der Waals surface area contributed by atoms with E-state index in [4.69, 9.17) is 14.2 Å². The molecular formula is C25H35O7P. The molecule has 0 aliphatic heterocycles. The largest absolute Gasteiger partial charge is 0.494 e. The van der Waals surface area contributed by atoms with Crippen molar-refractivity contribution in [3.05, 3.63) is 59.2 Å². The van der Waals surface area contributed by atoms with Crippen molar-refractivity contribution in [2.24, 2.45) is 0 Å². The monoisotopic (exact) mass is 478 g/mol. The van der Waals surface area contributed by atoms with E-state index in [0.29, 0.717) is 37.6 Å². The minimum Gasteiger partial charge on any atom is -0.494 e. The first kappa shape index (κ1) is 27.1. The maximum atomic E-state index is 12.0. The number of hydrogen-bond acceptors (Lipinski definition) is 5. The second-order valence-corrected chi connectivity index (χ2v) is 9.44. The molecule has 0 aliphatic carbocycles. The molecule has 0 saturated heterocycles. The summed E-state index contributed by atoms with van der Waals surface area (Å²) < 4.78 is 28.0. The van der Waals surface area contributed by atoms with Gasteiger partial charge >= 0.3 is 7.60 Å². The van der Waals surface area contributed by atoms with Crippen molar-refractivity contribution < 1.29 is 33.4 Å². The van der Waals surface area contributed by atoms with Crippen molar-refractivity contribution in [3.8, 4) is 11.5 Å². The first-order valence-electron chi connectivity index (χ1n) is 11.4. The molecule has 182 valence electrons. The van der Waals surface area contributed by atoms with Crippen LogP contribution in [0.3, 0.4) is 0 Å². The van der Waals surface area contributed by atoms with Crippen LogP contribution in [0.25, 0.3) is 0 Å². The summed E-state index contributed by atoms with van der Waals surface area (Å²) >= 11 is 0. The van der Waals surface area contributed by atoms with Gasteiger partial charge in [0.15, 0.2) is 0 Å². The van der Waals surface area contributed by atoms with Crippen LogP contribution in [-0.4, -0.2) is 42.2 Å². The van der Waals surface area contributed by atoms with E-state index in [1.165, 1.54) is 44.2 Å². The molecule has 0 saturated carbocycles. The predicted molar refractivity (Wildman–Crippen MR) is 128 cm³/mol. The topological polar surface area (TPSA) is 102 Å². The number of benzene rings is 2. The number of unbranched alkanes of at least 4 members (excludes halogenated alkanes) is 5. The molecule has 0 heterocycles. The molecule has 0 atom stereocenters. The summed E-state index contributed by atoms with van der Waals surface area (Å²) in [6.45, 7) is 3.61. The number of carbonyl (C=O) groups is 1. The number of carbonyl (C=O) groups excluding carboxylic acids is 1. The molecule has 2 aromatic carbocycles. The van der Waals surface area contributed by atoms with Gasteiger partial charge in [0.1, 0.15) is 18.1 Å². The van der Waals surface area contributed by atoms with E-state index >= 15 is 0 Å². The molecule has 2 aromatic rings. The first-order chi connectivity index (χ1) is 15.8. The smallest absolute Gasteiger partial charge is 0.396 e. The lowest BCUT2D eigenvalue weighted by atomic mass is 10.0. The summed E-state index contributed by atoms with van der Waals surface area (Å²) in [5, 5.41) is 0. The molecule has 0 amide bonds. The molecule has 7 nitrogen and oxygen atoms in total. The van der Waals surface area contributed by atoms with Gasteiger partial charge in [-0.3, -0.25) is 9.36 Å². The third-order valence-electron chi connectivity index (χ3n) is 5.20. The maximum Gasteiger partial charge on any atom is 0.396 e. The van der Waals surface area contributed by atoms with E-state index in [1.54, 1.807) is 13.2 Å². The van der Waals surface area contributed by atoms with Crippen LogP contribution in [0.5, 0.6) is 11.5 Å². The van der Waals surface area contributed by atoms with Crippen LogP contribution in [0.1, 0.15) is 66.9 Å². The average molecular weight is 479 g/mol. The van der Waals surface area contributed by atoms with Gasteiger partial charge in [-0.15, -0.1) is 0 Å². The molecule has 0 aromatic heterocycles. The van der Waals surface area contributed by atoms with Crippen molar-refractivity contribution in [1.82, 2.24) is 0 Å². The fourth-order valence-electron chi connectivity index (χ4n) is 3.39. The first-order valence-corrected chi connectivity index (χ1v) is 13.0. The molecule has 0 aliphatic rings. The number of methoxy groups -OCH3 is 1. The van der Waals surface area contributed by atoms with E-state index in [2.05, 4.69) is 6.92 Å². The van der Waals surface area contributed by atoms with Crippen molar-refractivity contribution in [2.45, 2.75) is 51.9 Å². The number of rotatable bonds is 16. The van der Waals surface area contributed by atoms with Gasteiger partial charge in [0.05, 0.1) is 13.2 Å². The Bertz CT molecular complexity index is 905. The lowest BCUT2D eigenvalue weighted by molar-refractivity contribution is 0.104. The zero-order chi connectivity index (χ0) is 24.1. The van der Waals surface area contributed by atoms with Gasteiger partial charge in [-0.25, -0.2) is 0 Å². The van der Waals surface area contributed by atoms with Crippen LogP contribution < -0.4 is 9.47 Å². The third-order valence-corrected chi connectivity index (χ3v) is 5.99. The summed E-state index contributed by atoms with van der Waals surface area (Å²) in [6.07, 6.45) is 7.70. The van der Waals surface area contributed by atoms with Crippen LogP contribution in [0.2, 0.25) is 0 Å². The minimum atomic E-state index is -4.87. The Morgan fingerprint density at radius 1 is 0.879 bits per heavy atom. The third kappa shape index (κ3) is 9.68. The van der Waals surface area contributed by atoms with E-state index in [9.17, 15) is 19.1 Å². The Hall–Kier alpha value is -2.18. The average Bonchev–Trinajstić information content (AvgIpc) is 2.79. The molecular weight excluding hydrogens is 443 g/mol. The van der Waals surface area contributed by atoms with Crippen molar-refractivity contribution in [1.29, 1.82) is 0 Å². The van der Waals surface area contributed by atoms with Gasteiger partial charge in [0, 0.05) is 19.1 Å². The van der Waals surface area contributed by atoms with Gasteiger partial charge < -0.3 is 24.0 Å². The molecule has 33 heavy (non-hydrogen) atoms. The van der Waals surface area contributed by atoms with Crippen molar-refractivity contribution in [2.75, 3.05) is 26.9 Å². The van der Waals surface area contributed by atoms with Gasteiger partial charge in [-0.2, -0.15) is 0 Å². The molecule has 0 bridgehead atoms. The molecule has 0 fully saturated rings.